The SMILES string of the molecule is CCN(CC)S(=O)(=O)c1ccc2c(c1)nc(SCC(=O)c1ccc(Cl)cc1)n2CC. The van der Waals surface area contributed by atoms with Gasteiger partial charge in [0.15, 0.2) is 10.9 Å². The van der Waals surface area contributed by atoms with E-state index in [1.54, 1.807) is 42.5 Å². The number of ketones is 1. The summed E-state index contributed by atoms with van der Waals surface area (Å²) in [4.78, 5) is 17.3. The Morgan fingerprint density at radius 3 is 2.37 bits per heavy atom. The molecule has 3 rings (SSSR count). The van der Waals surface area contributed by atoms with Gasteiger partial charge >= 0.3 is 0 Å². The van der Waals surface area contributed by atoms with E-state index in [9.17, 15) is 13.2 Å². The van der Waals surface area contributed by atoms with Gasteiger partial charge in [-0.1, -0.05) is 37.2 Å². The average Bonchev–Trinajstić information content (AvgIpc) is 3.09. The lowest BCUT2D eigenvalue weighted by Crippen LogP contribution is -2.30. The standard InChI is InChI=1S/C21H24ClN3O3S2/c1-4-24(5-2)30(27,28)17-11-12-19-18(13-17)23-21(25(19)6-3)29-14-20(26)15-7-9-16(22)10-8-15/h7-13H,4-6,14H2,1-3H3. The summed E-state index contributed by atoms with van der Waals surface area (Å²) in [6.07, 6.45) is 0. The third-order valence-corrected chi connectivity index (χ3v) is 8.12. The molecule has 0 aliphatic heterocycles. The number of aryl methyl sites for hydroxylation is 1. The number of imidazole rings is 1. The van der Waals surface area contributed by atoms with Crippen LogP contribution in [0.2, 0.25) is 5.02 Å². The Bertz CT molecular complexity index is 1150. The molecule has 0 N–H and O–H groups in total. The van der Waals surface area contributed by atoms with Crippen LogP contribution >= 0.6 is 23.4 Å². The van der Waals surface area contributed by atoms with Crippen LogP contribution in [0, 0.1) is 0 Å². The molecule has 0 bridgehead atoms. The van der Waals surface area contributed by atoms with Crippen molar-refractivity contribution in [1.82, 2.24) is 13.9 Å². The topological polar surface area (TPSA) is 72.3 Å². The maximum atomic E-state index is 12.8. The number of aromatic nitrogens is 2. The predicted octanol–water partition coefficient (Wildman–Crippen LogP) is 4.72. The second kappa shape index (κ2) is 9.51. The number of benzene rings is 2. The first-order valence-electron chi connectivity index (χ1n) is 9.73. The van der Waals surface area contributed by atoms with Crippen LogP contribution in [0.3, 0.4) is 0 Å². The summed E-state index contributed by atoms with van der Waals surface area (Å²) < 4.78 is 29.1. The third-order valence-electron chi connectivity index (χ3n) is 4.84. The van der Waals surface area contributed by atoms with Crippen LogP contribution < -0.4 is 0 Å². The van der Waals surface area contributed by atoms with Crippen LogP contribution in [0.15, 0.2) is 52.5 Å². The van der Waals surface area contributed by atoms with Gasteiger partial charge in [-0.05, 0) is 49.4 Å². The van der Waals surface area contributed by atoms with Crippen LogP contribution in [0.25, 0.3) is 11.0 Å². The smallest absolute Gasteiger partial charge is 0.243 e. The van der Waals surface area contributed by atoms with Crippen molar-refractivity contribution in [1.29, 1.82) is 0 Å². The number of sulfonamides is 1. The monoisotopic (exact) mass is 465 g/mol. The van der Waals surface area contributed by atoms with E-state index in [1.807, 2.05) is 25.3 Å². The first-order valence-corrected chi connectivity index (χ1v) is 12.5. The molecule has 0 aliphatic carbocycles. The van der Waals surface area contributed by atoms with Crippen LogP contribution in [0.4, 0.5) is 0 Å². The highest BCUT2D eigenvalue weighted by atomic mass is 35.5. The summed E-state index contributed by atoms with van der Waals surface area (Å²) in [5, 5.41) is 1.27. The molecule has 160 valence electrons. The highest BCUT2D eigenvalue weighted by Crippen LogP contribution is 2.28. The fourth-order valence-corrected chi connectivity index (χ4v) is 5.80. The minimum absolute atomic E-state index is 0.0174. The molecular formula is C21H24ClN3O3S2. The Morgan fingerprint density at radius 2 is 1.77 bits per heavy atom. The number of nitrogens with zero attached hydrogens (tertiary/aromatic N) is 3. The molecular weight excluding hydrogens is 442 g/mol. The maximum absolute atomic E-state index is 12.8. The number of rotatable bonds is 9. The second-order valence-corrected chi connectivity index (χ2v) is 9.91. The van der Waals surface area contributed by atoms with Gasteiger partial charge in [0.25, 0.3) is 0 Å². The van der Waals surface area contributed by atoms with E-state index in [2.05, 4.69) is 4.98 Å². The molecule has 0 spiro atoms. The molecule has 0 aliphatic rings. The maximum Gasteiger partial charge on any atom is 0.243 e. The zero-order valence-electron chi connectivity index (χ0n) is 17.1. The summed E-state index contributed by atoms with van der Waals surface area (Å²) in [6.45, 7) is 7.11. The van der Waals surface area contributed by atoms with E-state index in [4.69, 9.17) is 11.6 Å². The molecule has 9 heteroatoms. The Labute approximate surface area is 186 Å². The predicted molar refractivity (Wildman–Crippen MR) is 122 cm³/mol. The van der Waals surface area contributed by atoms with Crippen molar-refractivity contribution in [3.8, 4) is 0 Å². The number of fused-ring (bicyclic) bond motifs is 1. The molecule has 0 saturated heterocycles. The molecule has 1 aromatic heterocycles. The summed E-state index contributed by atoms with van der Waals surface area (Å²) in [5.41, 5.74) is 2.04. The van der Waals surface area contributed by atoms with Gasteiger partial charge in [-0.15, -0.1) is 0 Å². The Hall–Kier alpha value is -1.87. The zero-order chi connectivity index (χ0) is 21.9. The van der Waals surface area contributed by atoms with Crippen molar-refractivity contribution in [3.05, 3.63) is 53.1 Å². The molecule has 2 aromatic carbocycles. The van der Waals surface area contributed by atoms with Gasteiger partial charge in [0.2, 0.25) is 10.0 Å². The van der Waals surface area contributed by atoms with Crippen LogP contribution in [0.5, 0.6) is 0 Å². The normalized spacial score (nSPS) is 12.0. The minimum atomic E-state index is -3.56. The highest BCUT2D eigenvalue weighted by Gasteiger charge is 2.23. The highest BCUT2D eigenvalue weighted by molar-refractivity contribution is 7.99. The average molecular weight is 466 g/mol. The van der Waals surface area contributed by atoms with Crippen LogP contribution in [-0.2, 0) is 16.6 Å². The molecule has 1 heterocycles. The van der Waals surface area contributed by atoms with Gasteiger partial charge in [-0.25, -0.2) is 13.4 Å². The molecule has 6 nitrogen and oxygen atoms in total. The van der Waals surface area contributed by atoms with E-state index in [0.717, 1.165) is 5.52 Å². The largest absolute Gasteiger partial charge is 0.319 e. The number of hydrogen-bond donors (Lipinski definition) is 0. The van der Waals surface area contributed by atoms with E-state index >= 15 is 0 Å². The van der Waals surface area contributed by atoms with Gasteiger partial charge in [0.05, 0.1) is 21.7 Å². The molecule has 0 amide bonds. The lowest BCUT2D eigenvalue weighted by atomic mass is 10.1. The van der Waals surface area contributed by atoms with Crippen LogP contribution in [-0.4, -0.2) is 46.9 Å². The fourth-order valence-electron chi connectivity index (χ4n) is 3.23. The van der Waals surface area contributed by atoms with Gasteiger partial charge in [-0.3, -0.25) is 4.79 Å². The molecule has 3 aromatic rings. The second-order valence-electron chi connectivity index (χ2n) is 6.60. The van der Waals surface area contributed by atoms with Crippen LogP contribution in [0.1, 0.15) is 31.1 Å². The summed E-state index contributed by atoms with van der Waals surface area (Å²) in [7, 11) is -3.56. The van der Waals surface area contributed by atoms with Crippen molar-refractivity contribution in [2.75, 3.05) is 18.8 Å². The fraction of sp³-hybridized carbons (Fsp3) is 0.333. The number of thioether (sulfide) groups is 1. The summed E-state index contributed by atoms with van der Waals surface area (Å²) >= 11 is 7.22. The Morgan fingerprint density at radius 1 is 1.10 bits per heavy atom. The number of carbonyl (C=O) groups excluding carboxylic acids is 1. The molecule has 0 fully saturated rings. The molecule has 0 saturated carbocycles. The zero-order valence-corrected chi connectivity index (χ0v) is 19.5. The lowest BCUT2D eigenvalue weighted by molar-refractivity contribution is 0.102. The van der Waals surface area contributed by atoms with E-state index < -0.39 is 10.0 Å². The number of hydrogen-bond acceptors (Lipinski definition) is 5. The van der Waals surface area contributed by atoms with Gasteiger partial charge in [0, 0.05) is 30.2 Å². The number of Topliss-reactive ketones (excluding diaryl/α,β-unsaturated/α-hetero) is 1. The van der Waals surface area contributed by atoms with Crippen molar-refractivity contribution >= 4 is 50.2 Å². The summed E-state index contributed by atoms with van der Waals surface area (Å²) in [6, 6.07) is 11.8. The molecule has 0 unspecified atom stereocenters. The van der Waals surface area contributed by atoms with E-state index in [1.165, 1.54) is 16.1 Å². The first kappa shape index (κ1) is 22.8. The Kier molecular flexibility index (Phi) is 7.23. The van der Waals surface area contributed by atoms with Crippen molar-refractivity contribution in [3.63, 3.8) is 0 Å². The molecule has 30 heavy (non-hydrogen) atoms. The van der Waals surface area contributed by atoms with Crippen molar-refractivity contribution in [2.45, 2.75) is 37.4 Å². The lowest BCUT2D eigenvalue weighted by Gasteiger charge is -2.18. The van der Waals surface area contributed by atoms with Crippen molar-refractivity contribution in [2.24, 2.45) is 0 Å². The van der Waals surface area contributed by atoms with Crippen molar-refractivity contribution < 1.29 is 13.2 Å². The number of halogens is 1. The van der Waals surface area contributed by atoms with Gasteiger partial charge < -0.3 is 4.57 Å². The number of carbonyl (C=O) groups is 1. The first-order chi connectivity index (χ1) is 14.3. The molecule has 0 atom stereocenters. The summed E-state index contributed by atoms with van der Waals surface area (Å²) in [5.74, 6) is 0.214. The van der Waals surface area contributed by atoms with Gasteiger partial charge in [0.1, 0.15) is 0 Å². The van der Waals surface area contributed by atoms with E-state index in [0.29, 0.717) is 40.9 Å². The van der Waals surface area contributed by atoms with Gasteiger partial charge in [-0.2, -0.15) is 4.31 Å². The Balaban J connectivity index is 1.89. The molecule has 0 radical (unpaired) electrons. The quantitative estimate of drug-likeness (QED) is 0.338. The minimum Gasteiger partial charge on any atom is -0.319 e. The van der Waals surface area contributed by atoms with E-state index in [-0.39, 0.29) is 16.4 Å². The third kappa shape index (κ3) is 4.56.